The third kappa shape index (κ3) is 2.79. The molecule has 0 aliphatic carbocycles. The molecule has 1 heterocycles. The van der Waals surface area contributed by atoms with Gasteiger partial charge in [0.05, 0.1) is 7.11 Å². The third-order valence-corrected chi connectivity index (χ3v) is 2.73. The first-order valence-electron chi connectivity index (χ1n) is 5.62. The first-order chi connectivity index (χ1) is 9.45. The van der Waals surface area contributed by atoms with E-state index in [2.05, 4.69) is 4.98 Å². The molecule has 0 aliphatic heterocycles. The highest BCUT2D eigenvalue weighted by atomic mass is 19.4. The van der Waals surface area contributed by atoms with Gasteiger partial charge in [-0.15, -0.1) is 0 Å². The Hall–Kier alpha value is -2.37. The number of aromatic nitrogens is 1. The van der Waals surface area contributed by atoms with Crippen molar-refractivity contribution in [3.8, 4) is 16.9 Å². The van der Waals surface area contributed by atoms with Gasteiger partial charge in [-0.2, -0.15) is 13.2 Å². The van der Waals surface area contributed by atoms with Crippen molar-refractivity contribution in [2.24, 2.45) is 0 Å². The number of carbonyl (C=O) groups excluding carboxylic acids is 1. The molecule has 0 fully saturated rings. The van der Waals surface area contributed by atoms with Crippen LogP contribution < -0.4 is 4.74 Å². The molecule has 0 unspecified atom stereocenters. The molecule has 0 saturated heterocycles. The number of nitrogens with zero attached hydrogens (tertiary/aromatic N) is 1. The Bertz CT molecular complexity index is 621. The molecule has 0 saturated carbocycles. The van der Waals surface area contributed by atoms with Gasteiger partial charge in [0.2, 0.25) is 0 Å². The maximum absolute atomic E-state index is 12.4. The van der Waals surface area contributed by atoms with Crippen molar-refractivity contribution in [2.75, 3.05) is 7.11 Å². The third-order valence-electron chi connectivity index (χ3n) is 2.73. The van der Waals surface area contributed by atoms with E-state index in [1.165, 1.54) is 19.2 Å². The normalized spacial score (nSPS) is 11.2. The molecular formula is C14H10F3NO2. The number of hydrogen-bond acceptors (Lipinski definition) is 3. The van der Waals surface area contributed by atoms with Crippen molar-refractivity contribution in [2.45, 2.75) is 6.18 Å². The first-order valence-corrected chi connectivity index (χ1v) is 5.62. The maximum Gasteiger partial charge on any atom is 0.433 e. The zero-order chi connectivity index (χ0) is 14.8. The van der Waals surface area contributed by atoms with E-state index in [0.717, 1.165) is 12.3 Å². The molecule has 0 bridgehead atoms. The van der Waals surface area contributed by atoms with Crippen LogP contribution in [0.1, 0.15) is 16.1 Å². The summed E-state index contributed by atoms with van der Waals surface area (Å²) in [6, 6.07) is 6.89. The van der Waals surface area contributed by atoms with E-state index in [4.69, 9.17) is 4.74 Å². The van der Waals surface area contributed by atoms with Gasteiger partial charge in [0.1, 0.15) is 17.7 Å². The highest BCUT2D eigenvalue weighted by molar-refractivity contribution is 5.80. The van der Waals surface area contributed by atoms with Gasteiger partial charge >= 0.3 is 6.18 Å². The summed E-state index contributed by atoms with van der Waals surface area (Å²) in [5, 5.41) is 0. The SMILES string of the molecule is COc1cc(C=O)ccc1-c1ccc(C(F)(F)F)nc1. The number of aldehydes is 1. The number of pyridine rings is 1. The number of ether oxygens (including phenoxy) is 1. The predicted molar refractivity (Wildman–Crippen MR) is 66.6 cm³/mol. The quantitative estimate of drug-likeness (QED) is 0.807. The zero-order valence-electron chi connectivity index (χ0n) is 10.4. The van der Waals surface area contributed by atoms with Crippen molar-refractivity contribution in [1.29, 1.82) is 0 Å². The molecule has 0 radical (unpaired) electrons. The van der Waals surface area contributed by atoms with Crippen LogP contribution in [-0.2, 0) is 6.18 Å². The largest absolute Gasteiger partial charge is 0.496 e. The number of hydrogen-bond donors (Lipinski definition) is 0. The lowest BCUT2D eigenvalue weighted by Crippen LogP contribution is -2.07. The van der Waals surface area contributed by atoms with Crippen LogP contribution in [0.4, 0.5) is 13.2 Å². The Morgan fingerprint density at radius 2 is 1.95 bits per heavy atom. The summed E-state index contributed by atoms with van der Waals surface area (Å²) in [7, 11) is 1.42. The fourth-order valence-electron chi connectivity index (χ4n) is 1.74. The molecule has 20 heavy (non-hydrogen) atoms. The Balaban J connectivity index is 2.44. The summed E-state index contributed by atoms with van der Waals surface area (Å²) in [6.45, 7) is 0. The van der Waals surface area contributed by atoms with Gasteiger partial charge in [0.15, 0.2) is 0 Å². The van der Waals surface area contributed by atoms with E-state index in [0.29, 0.717) is 28.7 Å². The van der Waals surface area contributed by atoms with Gasteiger partial charge in [-0.05, 0) is 18.2 Å². The Kier molecular flexibility index (Phi) is 3.74. The molecule has 0 amide bonds. The van der Waals surface area contributed by atoms with Gasteiger partial charge in [0.25, 0.3) is 0 Å². The summed E-state index contributed by atoms with van der Waals surface area (Å²) in [5.41, 5.74) is 0.516. The van der Waals surface area contributed by atoms with Crippen molar-refractivity contribution in [3.05, 3.63) is 47.8 Å². The van der Waals surface area contributed by atoms with Gasteiger partial charge in [0, 0.05) is 22.9 Å². The van der Waals surface area contributed by atoms with Crippen LogP contribution in [0.3, 0.4) is 0 Å². The maximum atomic E-state index is 12.4. The molecule has 3 nitrogen and oxygen atoms in total. The highest BCUT2D eigenvalue weighted by Crippen LogP contribution is 2.32. The second-order valence-electron chi connectivity index (χ2n) is 4.01. The molecule has 1 aromatic heterocycles. The van der Waals surface area contributed by atoms with Crippen LogP contribution in [0.5, 0.6) is 5.75 Å². The van der Waals surface area contributed by atoms with Crippen LogP contribution in [-0.4, -0.2) is 18.4 Å². The molecule has 104 valence electrons. The topological polar surface area (TPSA) is 39.2 Å². The van der Waals surface area contributed by atoms with Gasteiger partial charge < -0.3 is 4.74 Å². The van der Waals surface area contributed by atoms with Gasteiger partial charge in [-0.3, -0.25) is 9.78 Å². The molecule has 6 heteroatoms. The number of carbonyl (C=O) groups is 1. The average Bonchev–Trinajstić information content (AvgIpc) is 2.45. The van der Waals surface area contributed by atoms with Crippen molar-refractivity contribution in [3.63, 3.8) is 0 Å². The highest BCUT2D eigenvalue weighted by Gasteiger charge is 2.32. The number of rotatable bonds is 3. The van der Waals surface area contributed by atoms with Crippen LogP contribution in [0.15, 0.2) is 36.5 Å². The number of methoxy groups -OCH3 is 1. The summed E-state index contributed by atoms with van der Waals surface area (Å²) in [4.78, 5) is 14.1. The van der Waals surface area contributed by atoms with Crippen molar-refractivity contribution in [1.82, 2.24) is 4.98 Å². The van der Waals surface area contributed by atoms with Crippen molar-refractivity contribution >= 4 is 6.29 Å². The molecule has 0 spiro atoms. The zero-order valence-corrected chi connectivity index (χ0v) is 10.4. The standard InChI is InChI=1S/C14H10F3NO2/c1-20-12-6-9(8-19)2-4-11(12)10-3-5-13(18-7-10)14(15,16)17/h2-8H,1H3. The predicted octanol–water partition coefficient (Wildman–Crippen LogP) is 3.59. The molecule has 2 rings (SSSR count). The number of benzene rings is 1. The minimum atomic E-state index is -4.47. The minimum absolute atomic E-state index is 0.399. The second kappa shape index (κ2) is 5.32. The van der Waals surface area contributed by atoms with E-state index in [9.17, 15) is 18.0 Å². The molecule has 2 aromatic rings. The average molecular weight is 281 g/mol. The molecule has 0 N–H and O–H groups in total. The smallest absolute Gasteiger partial charge is 0.433 e. The lowest BCUT2D eigenvalue weighted by Gasteiger charge is -2.10. The van der Waals surface area contributed by atoms with Crippen LogP contribution in [0.2, 0.25) is 0 Å². The lowest BCUT2D eigenvalue weighted by atomic mass is 10.0. The Labute approximate surface area is 113 Å². The van der Waals surface area contributed by atoms with Gasteiger partial charge in [-0.1, -0.05) is 12.1 Å². The van der Waals surface area contributed by atoms with E-state index in [-0.39, 0.29) is 0 Å². The van der Waals surface area contributed by atoms with Crippen LogP contribution in [0, 0.1) is 0 Å². The number of alkyl halides is 3. The first kappa shape index (κ1) is 14.0. The summed E-state index contributed by atoms with van der Waals surface area (Å²) >= 11 is 0. The van der Waals surface area contributed by atoms with Gasteiger partial charge in [-0.25, -0.2) is 0 Å². The number of halogens is 3. The molecular weight excluding hydrogens is 271 g/mol. The Morgan fingerprint density at radius 1 is 1.20 bits per heavy atom. The summed E-state index contributed by atoms with van der Waals surface area (Å²) in [5.74, 6) is 0.399. The molecule has 1 aromatic carbocycles. The van der Waals surface area contributed by atoms with E-state index < -0.39 is 11.9 Å². The Morgan fingerprint density at radius 3 is 2.45 bits per heavy atom. The van der Waals surface area contributed by atoms with Crippen LogP contribution >= 0.6 is 0 Å². The van der Waals surface area contributed by atoms with Crippen molar-refractivity contribution < 1.29 is 22.7 Å². The summed E-state index contributed by atoms with van der Waals surface area (Å²) < 4.78 is 42.5. The second-order valence-corrected chi connectivity index (χ2v) is 4.01. The van der Waals surface area contributed by atoms with E-state index in [1.54, 1.807) is 12.1 Å². The summed E-state index contributed by atoms with van der Waals surface area (Å²) in [6.07, 6.45) is -2.68. The lowest BCUT2D eigenvalue weighted by molar-refractivity contribution is -0.141. The fraction of sp³-hybridized carbons (Fsp3) is 0.143. The van der Waals surface area contributed by atoms with E-state index >= 15 is 0 Å². The molecule has 0 atom stereocenters. The van der Waals surface area contributed by atoms with Crippen LogP contribution in [0.25, 0.3) is 11.1 Å². The van der Waals surface area contributed by atoms with E-state index in [1.807, 2.05) is 0 Å². The monoisotopic (exact) mass is 281 g/mol. The minimum Gasteiger partial charge on any atom is -0.496 e. The molecule has 0 aliphatic rings. The fourth-order valence-corrected chi connectivity index (χ4v) is 1.74.